The Bertz CT molecular complexity index is 511. The van der Waals surface area contributed by atoms with Gasteiger partial charge in [-0.05, 0) is 18.9 Å². The summed E-state index contributed by atoms with van der Waals surface area (Å²) in [6, 6.07) is 2.48. The predicted octanol–water partition coefficient (Wildman–Crippen LogP) is 4.01. The highest BCUT2D eigenvalue weighted by molar-refractivity contribution is 6.42. The van der Waals surface area contributed by atoms with E-state index >= 15 is 0 Å². The van der Waals surface area contributed by atoms with Crippen LogP contribution >= 0.6 is 23.2 Å². The lowest BCUT2D eigenvalue weighted by Gasteiger charge is -2.23. The number of nitro benzene ring substituents is 1. The number of hydrogen-bond acceptors (Lipinski definition) is 4. The van der Waals surface area contributed by atoms with Crippen LogP contribution in [0.4, 0.5) is 11.4 Å². The molecule has 7 heteroatoms. The summed E-state index contributed by atoms with van der Waals surface area (Å²) in [5.41, 5.74) is 0.172. The van der Waals surface area contributed by atoms with Crippen molar-refractivity contribution in [1.29, 1.82) is 0 Å². The van der Waals surface area contributed by atoms with Crippen LogP contribution in [0.5, 0.6) is 0 Å². The van der Waals surface area contributed by atoms with Crippen molar-refractivity contribution in [2.45, 2.75) is 44.2 Å². The highest BCUT2D eigenvalue weighted by Gasteiger charge is 2.25. The van der Waals surface area contributed by atoms with E-state index in [0.717, 1.165) is 25.7 Å². The molecule has 2 unspecified atom stereocenters. The van der Waals surface area contributed by atoms with Crippen LogP contribution in [0, 0.1) is 10.1 Å². The lowest BCUT2D eigenvalue weighted by Crippen LogP contribution is -2.32. The fourth-order valence-electron chi connectivity index (χ4n) is 2.46. The molecule has 2 N–H and O–H groups in total. The molecule has 0 aliphatic heterocycles. The maximum Gasteiger partial charge on any atom is 0.293 e. The first-order valence-corrected chi connectivity index (χ1v) is 7.32. The van der Waals surface area contributed by atoms with Gasteiger partial charge >= 0.3 is 0 Å². The quantitative estimate of drug-likeness (QED) is 0.501. The Morgan fingerprint density at radius 1 is 1.20 bits per heavy atom. The lowest BCUT2D eigenvalue weighted by atomic mass is 10.1. The van der Waals surface area contributed by atoms with Gasteiger partial charge in [0, 0.05) is 6.07 Å². The van der Waals surface area contributed by atoms with Crippen LogP contribution < -0.4 is 5.32 Å². The van der Waals surface area contributed by atoms with E-state index in [0.29, 0.717) is 12.1 Å². The van der Waals surface area contributed by atoms with Gasteiger partial charge in [-0.1, -0.05) is 42.5 Å². The van der Waals surface area contributed by atoms with Crippen molar-refractivity contribution < 1.29 is 10.0 Å². The number of hydrogen-bond donors (Lipinski definition) is 2. The summed E-state index contributed by atoms with van der Waals surface area (Å²) in [5.74, 6) is 0. The fourth-order valence-corrected chi connectivity index (χ4v) is 2.78. The topological polar surface area (TPSA) is 75.4 Å². The monoisotopic (exact) mass is 318 g/mol. The van der Waals surface area contributed by atoms with Gasteiger partial charge in [0.2, 0.25) is 0 Å². The Hall–Kier alpha value is -1.04. The first kappa shape index (κ1) is 15.4. The third-order valence-corrected chi connectivity index (χ3v) is 4.28. The van der Waals surface area contributed by atoms with Gasteiger partial charge in [-0.15, -0.1) is 0 Å². The summed E-state index contributed by atoms with van der Waals surface area (Å²) in [7, 11) is 0. The van der Waals surface area contributed by atoms with E-state index in [1.54, 1.807) is 0 Å². The number of aliphatic hydroxyl groups excluding tert-OH is 1. The van der Waals surface area contributed by atoms with Gasteiger partial charge in [-0.3, -0.25) is 10.1 Å². The van der Waals surface area contributed by atoms with E-state index in [9.17, 15) is 15.2 Å². The van der Waals surface area contributed by atoms with Crippen LogP contribution in [-0.2, 0) is 0 Å². The second kappa shape index (κ2) is 6.61. The maximum absolute atomic E-state index is 11.1. The molecule has 110 valence electrons. The smallest absolute Gasteiger partial charge is 0.293 e. The Kier molecular flexibility index (Phi) is 5.07. The summed E-state index contributed by atoms with van der Waals surface area (Å²) in [4.78, 5) is 10.6. The SMILES string of the molecule is O=[N+]([O-])c1cc(Cl)c(Cl)cc1NC1CCCCCC1O. The van der Waals surface area contributed by atoms with E-state index < -0.39 is 11.0 Å². The number of nitrogens with one attached hydrogen (secondary N) is 1. The Morgan fingerprint density at radius 3 is 2.55 bits per heavy atom. The summed E-state index contributed by atoms with van der Waals surface area (Å²) >= 11 is 11.7. The number of rotatable bonds is 3. The Balaban J connectivity index is 2.27. The van der Waals surface area contributed by atoms with E-state index in [-0.39, 0.29) is 21.8 Å². The first-order valence-electron chi connectivity index (χ1n) is 6.57. The van der Waals surface area contributed by atoms with E-state index in [1.165, 1.54) is 12.1 Å². The number of aliphatic hydroxyl groups is 1. The van der Waals surface area contributed by atoms with Gasteiger partial charge in [0.05, 0.1) is 27.1 Å². The Morgan fingerprint density at radius 2 is 1.85 bits per heavy atom. The molecule has 0 spiro atoms. The molecule has 2 rings (SSSR count). The standard InChI is InChI=1S/C13H16Cl2N2O3/c14-8-6-11(12(17(19)20)7-9(8)15)16-10-4-2-1-3-5-13(10)18/h6-7,10,13,16,18H,1-5H2. The average Bonchev–Trinajstić information content (AvgIpc) is 2.59. The summed E-state index contributed by atoms with van der Waals surface area (Å²) in [6.45, 7) is 0. The van der Waals surface area contributed by atoms with Gasteiger partial charge < -0.3 is 10.4 Å². The number of nitro groups is 1. The molecule has 0 bridgehead atoms. The molecule has 1 aliphatic carbocycles. The minimum absolute atomic E-state index is 0.129. The van der Waals surface area contributed by atoms with Crippen LogP contribution in [0.25, 0.3) is 0 Å². The van der Waals surface area contributed by atoms with E-state index in [4.69, 9.17) is 23.2 Å². The van der Waals surface area contributed by atoms with Crippen molar-refractivity contribution >= 4 is 34.6 Å². The van der Waals surface area contributed by atoms with Crippen LogP contribution in [-0.4, -0.2) is 22.2 Å². The predicted molar refractivity (Wildman–Crippen MR) is 79.6 cm³/mol. The van der Waals surface area contributed by atoms with Gasteiger partial charge in [0.25, 0.3) is 5.69 Å². The van der Waals surface area contributed by atoms with Crippen molar-refractivity contribution in [3.63, 3.8) is 0 Å². The molecule has 0 heterocycles. The molecule has 20 heavy (non-hydrogen) atoms. The maximum atomic E-state index is 11.1. The van der Waals surface area contributed by atoms with Crippen molar-refractivity contribution in [2.75, 3.05) is 5.32 Å². The molecule has 1 saturated carbocycles. The number of benzene rings is 1. The van der Waals surface area contributed by atoms with Crippen LogP contribution in [0.15, 0.2) is 12.1 Å². The number of nitrogens with zero attached hydrogens (tertiary/aromatic N) is 1. The molecule has 0 aromatic heterocycles. The van der Waals surface area contributed by atoms with E-state index in [2.05, 4.69) is 5.32 Å². The number of anilines is 1. The molecule has 0 amide bonds. The fraction of sp³-hybridized carbons (Fsp3) is 0.538. The molecule has 2 atom stereocenters. The largest absolute Gasteiger partial charge is 0.391 e. The molecule has 1 aromatic rings. The summed E-state index contributed by atoms with van der Waals surface area (Å²) in [5, 5.41) is 24.6. The van der Waals surface area contributed by atoms with Gasteiger partial charge in [0.1, 0.15) is 5.69 Å². The van der Waals surface area contributed by atoms with Gasteiger partial charge in [-0.25, -0.2) is 0 Å². The third kappa shape index (κ3) is 3.53. The van der Waals surface area contributed by atoms with Crippen molar-refractivity contribution in [2.24, 2.45) is 0 Å². The minimum Gasteiger partial charge on any atom is -0.391 e. The van der Waals surface area contributed by atoms with Crippen LogP contribution in [0.2, 0.25) is 10.0 Å². The molecule has 0 saturated heterocycles. The highest BCUT2D eigenvalue weighted by atomic mass is 35.5. The zero-order valence-electron chi connectivity index (χ0n) is 10.8. The zero-order valence-corrected chi connectivity index (χ0v) is 12.3. The number of halogens is 2. The molecule has 0 radical (unpaired) electrons. The molecule has 1 aliphatic rings. The highest BCUT2D eigenvalue weighted by Crippen LogP contribution is 2.35. The second-order valence-corrected chi connectivity index (χ2v) is 5.81. The second-order valence-electron chi connectivity index (χ2n) is 5.00. The minimum atomic E-state index is -0.508. The van der Waals surface area contributed by atoms with Crippen molar-refractivity contribution in [1.82, 2.24) is 0 Å². The van der Waals surface area contributed by atoms with Gasteiger partial charge in [-0.2, -0.15) is 0 Å². The molecular formula is C13H16Cl2N2O3. The third-order valence-electron chi connectivity index (χ3n) is 3.56. The van der Waals surface area contributed by atoms with Crippen molar-refractivity contribution in [3.05, 3.63) is 32.3 Å². The Labute approximate surface area is 127 Å². The molecule has 5 nitrogen and oxygen atoms in total. The lowest BCUT2D eigenvalue weighted by molar-refractivity contribution is -0.384. The molecule has 1 aromatic carbocycles. The average molecular weight is 319 g/mol. The van der Waals surface area contributed by atoms with E-state index in [1.807, 2.05) is 0 Å². The normalized spacial score (nSPS) is 23.1. The molecular weight excluding hydrogens is 303 g/mol. The van der Waals surface area contributed by atoms with Gasteiger partial charge in [0.15, 0.2) is 0 Å². The van der Waals surface area contributed by atoms with Crippen LogP contribution in [0.1, 0.15) is 32.1 Å². The first-order chi connectivity index (χ1) is 9.49. The zero-order chi connectivity index (χ0) is 14.7. The van der Waals surface area contributed by atoms with Crippen LogP contribution in [0.3, 0.4) is 0 Å². The van der Waals surface area contributed by atoms with Crippen molar-refractivity contribution in [3.8, 4) is 0 Å². The molecule has 1 fully saturated rings. The summed E-state index contributed by atoms with van der Waals surface area (Å²) < 4.78 is 0. The summed E-state index contributed by atoms with van der Waals surface area (Å²) in [6.07, 6.45) is 4.00.